The molecule has 5 fully saturated rings. The smallest absolute Gasteiger partial charge is 0.253 e. The van der Waals surface area contributed by atoms with Crippen LogP contribution in [-0.4, -0.2) is 261 Å². The van der Waals surface area contributed by atoms with Crippen molar-refractivity contribution >= 4 is 17.7 Å². The van der Waals surface area contributed by atoms with Crippen LogP contribution < -0.4 is 5.32 Å². The molecule has 0 unspecified atom stereocenters. The summed E-state index contributed by atoms with van der Waals surface area (Å²) in [5.41, 5.74) is 0. The predicted octanol–water partition coefficient (Wildman–Crippen LogP) is 3.96. The Morgan fingerprint density at radius 1 is 0.435 bits per heavy atom. The number of carbonyl (C=O) groups is 3. The number of imide groups is 1. The first-order valence-electron chi connectivity index (χ1n) is 30.7. The van der Waals surface area contributed by atoms with Crippen LogP contribution in [0.1, 0.15) is 94.4 Å². The highest BCUT2D eigenvalue weighted by molar-refractivity contribution is 6.12. The Balaban J connectivity index is 0.949. The summed E-state index contributed by atoms with van der Waals surface area (Å²) >= 11 is 0. The lowest BCUT2D eigenvalue weighted by Gasteiger charge is -2.52. The normalized spacial score (nSPS) is 39.9. The van der Waals surface area contributed by atoms with Gasteiger partial charge in [0.05, 0.1) is 89.0 Å². The van der Waals surface area contributed by atoms with E-state index in [0.29, 0.717) is 65.4 Å². The molecule has 0 spiro atoms. The molecular formula is C60H104N2O23. The van der Waals surface area contributed by atoms with E-state index in [9.17, 15) is 14.4 Å². The number of carbonyl (C=O) groups excluding carboxylic acids is 3. The highest BCUT2D eigenvalue weighted by atomic mass is 16.8. The van der Waals surface area contributed by atoms with Crippen LogP contribution in [0.5, 0.6) is 0 Å². The molecule has 0 aliphatic carbocycles. The number of hydrogen-bond acceptors (Lipinski definition) is 23. The number of nitrogens with one attached hydrogen (secondary N) is 1. The molecule has 25 atom stereocenters. The molecule has 25 heteroatoms. The fraction of sp³-hybridized carbons (Fsp3) is 0.917. The van der Waals surface area contributed by atoms with E-state index in [2.05, 4.69) is 46.9 Å². The van der Waals surface area contributed by atoms with Gasteiger partial charge in [0.25, 0.3) is 11.8 Å². The van der Waals surface area contributed by atoms with E-state index in [1.54, 1.807) is 49.8 Å². The minimum atomic E-state index is -0.895. The average Bonchev–Trinajstić information content (AvgIpc) is 2.98. The highest BCUT2D eigenvalue weighted by Crippen LogP contribution is 2.42. The molecule has 6 aliphatic heterocycles. The van der Waals surface area contributed by atoms with Gasteiger partial charge in [-0.2, -0.15) is 0 Å². The van der Waals surface area contributed by atoms with Crippen LogP contribution in [0.2, 0.25) is 0 Å². The number of nitrogens with zero attached hydrogens (tertiary/aromatic N) is 1. The van der Waals surface area contributed by atoms with E-state index in [4.69, 9.17) is 94.7 Å². The van der Waals surface area contributed by atoms with Crippen molar-refractivity contribution in [3.05, 3.63) is 12.2 Å². The van der Waals surface area contributed by atoms with Gasteiger partial charge in [0.15, 0.2) is 31.5 Å². The molecule has 6 aliphatic rings. The van der Waals surface area contributed by atoms with Gasteiger partial charge in [-0.25, -0.2) is 0 Å². The SMILES string of the molecule is CC[C@H]1O[C@H](OC)[C@H](C)[C@@H](C)[C@@H]1O[C@@H]1O[C@@H](C)[C@@H](O[C@H]2O[C@H](CC)[C@@H](O[C@@H]3O[C@H](C)[C@@H](O[C@H]4O[C@H](CC)[C@@H](OCCOCCOCCOCCNC(=O)CCCN5C(=O)C=CC5=O)[C@H](OC)[C@H]4OC)[C@H](OC)[C@H]3OC)[C@H](C)[C@H]2C)[C@H](OC)[C@H]1OC. The third-order valence-electron chi connectivity index (χ3n) is 17.7. The molecule has 3 amide bonds. The van der Waals surface area contributed by atoms with Crippen molar-refractivity contribution < 1.29 is 109 Å². The van der Waals surface area contributed by atoms with Crippen LogP contribution >= 0.6 is 0 Å². The molecule has 492 valence electrons. The Labute approximate surface area is 504 Å². The zero-order valence-corrected chi connectivity index (χ0v) is 53.3. The minimum absolute atomic E-state index is 0.0714. The zero-order valence-electron chi connectivity index (χ0n) is 53.3. The van der Waals surface area contributed by atoms with Crippen LogP contribution in [0.25, 0.3) is 0 Å². The Morgan fingerprint density at radius 2 is 0.812 bits per heavy atom. The second-order valence-electron chi connectivity index (χ2n) is 22.8. The molecule has 0 aromatic rings. The molecule has 0 aromatic carbocycles. The summed E-state index contributed by atoms with van der Waals surface area (Å²) in [5, 5.41) is 2.77. The van der Waals surface area contributed by atoms with Crippen molar-refractivity contribution in [2.24, 2.45) is 23.7 Å². The van der Waals surface area contributed by atoms with Crippen LogP contribution in [0.15, 0.2) is 12.2 Å². The third kappa shape index (κ3) is 18.2. The molecular weight excluding hydrogens is 1120 g/mol. The first-order chi connectivity index (χ1) is 41.0. The lowest BCUT2D eigenvalue weighted by molar-refractivity contribution is -0.383. The van der Waals surface area contributed by atoms with E-state index in [0.717, 1.165) is 11.3 Å². The third-order valence-corrected chi connectivity index (χ3v) is 17.7. The van der Waals surface area contributed by atoms with Crippen molar-refractivity contribution in [2.45, 2.75) is 224 Å². The number of amides is 3. The first-order valence-corrected chi connectivity index (χ1v) is 30.7. The minimum Gasteiger partial charge on any atom is -0.377 e. The van der Waals surface area contributed by atoms with Crippen LogP contribution in [0.3, 0.4) is 0 Å². The molecule has 5 saturated heterocycles. The summed E-state index contributed by atoms with van der Waals surface area (Å²) in [6, 6.07) is 0. The Bertz CT molecular complexity index is 1970. The molecule has 1 N–H and O–H groups in total. The van der Waals surface area contributed by atoms with Crippen LogP contribution in [0, 0.1) is 23.7 Å². The lowest BCUT2D eigenvalue weighted by atomic mass is 9.83. The molecule has 0 bridgehead atoms. The summed E-state index contributed by atoms with van der Waals surface area (Å²) < 4.78 is 126. The summed E-state index contributed by atoms with van der Waals surface area (Å²) in [5.74, 6) is -0.889. The van der Waals surface area contributed by atoms with Gasteiger partial charge in [-0.1, -0.05) is 48.5 Å². The van der Waals surface area contributed by atoms with Gasteiger partial charge in [0, 0.05) is 93.3 Å². The van der Waals surface area contributed by atoms with Crippen molar-refractivity contribution in [1.29, 1.82) is 0 Å². The zero-order chi connectivity index (χ0) is 61.9. The molecule has 6 rings (SSSR count). The highest BCUT2D eigenvalue weighted by Gasteiger charge is 2.56. The molecule has 0 saturated carbocycles. The molecule has 0 aromatic heterocycles. The van der Waals surface area contributed by atoms with E-state index in [1.165, 1.54) is 12.2 Å². The quantitative estimate of drug-likeness (QED) is 0.0696. The number of ether oxygens (including phenoxy) is 20. The summed E-state index contributed by atoms with van der Waals surface area (Å²) in [6.07, 6.45) is -6.71. The molecule has 25 nitrogen and oxygen atoms in total. The topological polar surface area (TPSA) is 251 Å². The maximum atomic E-state index is 12.1. The van der Waals surface area contributed by atoms with Gasteiger partial charge in [0.2, 0.25) is 5.91 Å². The summed E-state index contributed by atoms with van der Waals surface area (Å²) in [6.45, 7) is 21.4. The predicted molar refractivity (Wildman–Crippen MR) is 304 cm³/mol. The van der Waals surface area contributed by atoms with Crippen molar-refractivity contribution in [2.75, 3.05) is 109 Å². The summed E-state index contributed by atoms with van der Waals surface area (Å²) in [4.78, 5) is 36.5. The second kappa shape index (κ2) is 35.8. The van der Waals surface area contributed by atoms with Gasteiger partial charge >= 0.3 is 0 Å². The van der Waals surface area contributed by atoms with Crippen LogP contribution in [0.4, 0.5) is 0 Å². The van der Waals surface area contributed by atoms with Gasteiger partial charge in [0.1, 0.15) is 54.9 Å². The molecule has 0 radical (unpaired) electrons. The monoisotopic (exact) mass is 1220 g/mol. The maximum absolute atomic E-state index is 12.1. The number of rotatable bonds is 35. The standard InChI is InChI=1S/C60H104N2O23/c1-17-39-45(33(4)35(6)56(72-16)79-39)82-58-53(69-13)50(66-10)47(37(8)77-58)84-57-36(7)34(5)46(40(18-2)80-57)83-59-54(70-14)51(67-11)48(38(9)78-59)85-60-55(71-15)52(68-12)49(41(19-3)81-60)76-32-31-75-30-29-74-28-27-73-26-24-61-42(63)21-20-25-62-43(64)22-23-44(62)65/h22-23,33-41,45-60H,17-21,24-32H2,1-16H3,(H,61,63)/t33-,34-,35-,36-,37+,38-,39-,40-,41-,45+,46+,47-,48-,49-,50+,51+,52+,53-,54-,55-,56+,57-,58+,59+,60-/m1/s1. The fourth-order valence-electron chi connectivity index (χ4n) is 12.4. The summed E-state index contributed by atoms with van der Waals surface area (Å²) in [7, 11) is 11.4. The van der Waals surface area contributed by atoms with Gasteiger partial charge < -0.3 is 100 Å². The average molecular weight is 1220 g/mol. The van der Waals surface area contributed by atoms with E-state index >= 15 is 0 Å². The van der Waals surface area contributed by atoms with E-state index < -0.39 is 105 Å². The molecule has 85 heavy (non-hydrogen) atoms. The second-order valence-corrected chi connectivity index (χ2v) is 22.8. The lowest BCUT2D eigenvalue weighted by Crippen LogP contribution is -2.65. The van der Waals surface area contributed by atoms with Crippen molar-refractivity contribution in [3.8, 4) is 0 Å². The van der Waals surface area contributed by atoms with E-state index in [1.807, 2.05) is 20.8 Å². The number of hydrogen-bond donors (Lipinski definition) is 1. The fourth-order valence-corrected chi connectivity index (χ4v) is 12.4. The van der Waals surface area contributed by atoms with E-state index in [-0.39, 0.29) is 85.6 Å². The van der Waals surface area contributed by atoms with Crippen LogP contribution in [-0.2, 0) is 109 Å². The maximum Gasteiger partial charge on any atom is 0.253 e. The largest absolute Gasteiger partial charge is 0.377 e. The number of methoxy groups -OCH3 is 7. The van der Waals surface area contributed by atoms with Gasteiger partial charge in [-0.05, 0) is 51.4 Å². The van der Waals surface area contributed by atoms with Crippen molar-refractivity contribution in [1.82, 2.24) is 10.2 Å². The molecule has 6 heterocycles. The Morgan fingerprint density at radius 3 is 1.27 bits per heavy atom. The van der Waals surface area contributed by atoms with Gasteiger partial charge in [-0.15, -0.1) is 0 Å². The Kier molecular flexibility index (Phi) is 30.2. The first kappa shape index (κ1) is 71.6. The van der Waals surface area contributed by atoms with Gasteiger partial charge in [-0.3, -0.25) is 19.3 Å². The van der Waals surface area contributed by atoms with Crippen molar-refractivity contribution in [3.63, 3.8) is 0 Å². The Hall–Kier alpha value is -2.45.